The van der Waals surface area contributed by atoms with E-state index in [2.05, 4.69) is 9.97 Å². The second-order valence-electron chi connectivity index (χ2n) is 3.81. The number of nitrogens with zero attached hydrogens (tertiary/aromatic N) is 2. The van der Waals surface area contributed by atoms with Crippen molar-refractivity contribution in [3.05, 3.63) is 16.7 Å². The predicted octanol–water partition coefficient (Wildman–Crippen LogP) is 0.101. The van der Waals surface area contributed by atoms with Gasteiger partial charge >= 0.3 is 0 Å². The molecular weight excluding hydrogens is 238 g/mol. The molecule has 94 valence electrons. The minimum Gasteiger partial charge on any atom is -0.393 e. The Morgan fingerprint density at radius 2 is 2.35 bits per heavy atom. The van der Waals surface area contributed by atoms with Gasteiger partial charge in [0.2, 0.25) is 0 Å². The molecule has 0 saturated carbocycles. The highest BCUT2D eigenvalue weighted by atomic mass is 32.1. The second kappa shape index (κ2) is 5.62. The molecule has 1 rings (SSSR count). The molecule has 17 heavy (non-hydrogen) atoms. The summed E-state index contributed by atoms with van der Waals surface area (Å²) in [6.07, 6.45) is 1.34. The summed E-state index contributed by atoms with van der Waals surface area (Å²) in [5.41, 5.74) is 11.0. The van der Waals surface area contributed by atoms with Crippen molar-refractivity contribution in [2.24, 2.45) is 11.7 Å². The van der Waals surface area contributed by atoms with Gasteiger partial charge < -0.3 is 21.4 Å². The molecule has 0 bridgehead atoms. The molecule has 0 saturated heterocycles. The molecule has 0 spiro atoms. The number of rotatable bonds is 5. The SMILES string of the molecule is CCN(CC(C)C(N)=S)c1nc[nH]c(=O)c1N. The fourth-order valence-electron chi connectivity index (χ4n) is 1.44. The Morgan fingerprint density at radius 1 is 1.71 bits per heavy atom. The molecule has 1 aromatic rings. The molecule has 0 amide bonds. The van der Waals surface area contributed by atoms with Crippen LogP contribution < -0.4 is 21.9 Å². The van der Waals surface area contributed by atoms with Crippen molar-refractivity contribution >= 4 is 28.7 Å². The van der Waals surface area contributed by atoms with Crippen molar-refractivity contribution in [3.8, 4) is 0 Å². The number of nitrogens with one attached hydrogen (secondary N) is 1. The first-order valence-electron chi connectivity index (χ1n) is 5.34. The van der Waals surface area contributed by atoms with Crippen LogP contribution >= 0.6 is 12.2 Å². The highest BCUT2D eigenvalue weighted by molar-refractivity contribution is 7.80. The van der Waals surface area contributed by atoms with Gasteiger partial charge in [-0.25, -0.2) is 4.98 Å². The lowest BCUT2D eigenvalue weighted by molar-refractivity contribution is 0.699. The number of nitrogens with two attached hydrogens (primary N) is 2. The summed E-state index contributed by atoms with van der Waals surface area (Å²) in [5, 5.41) is 0. The van der Waals surface area contributed by atoms with Crippen LogP contribution in [-0.2, 0) is 0 Å². The summed E-state index contributed by atoms with van der Waals surface area (Å²) >= 11 is 4.92. The van der Waals surface area contributed by atoms with E-state index in [-0.39, 0.29) is 17.2 Å². The van der Waals surface area contributed by atoms with Gasteiger partial charge in [0.25, 0.3) is 5.56 Å². The van der Waals surface area contributed by atoms with Gasteiger partial charge in [-0.05, 0) is 6.92 Å². The van der Waals surface area contributed by atoms with Crippen LogP contribution in [-0.4, -0.2) is 28.0 Å². The van der Waals surface area contributed by atoms with Crippen LogP contribution in [0.5, 0.6) is 0 Å². The lowest BCUT2D eigenvalue weighted by Gasteiger charge is -2.25. The zero-order valence-electron chi connectivity index (χ0n) is 9.93. The third-order valence-corrected chi connectivity index (χ3v) is 2.93. The first-order chi connectivity index (χ1) is 7.97. The average molecular weight is 255 g/mol. The molecule has 0 radical (unpaired) electrons. The third kappa shape index (κ3) is 3.16. The van der Waals surface area contributed by atoms with Gasteiger partial charge in [0.05, 0.1) is 11.3 Å². The molecule has 6 nitrogen and oxygen atoms in total. The zero-order valence-corrected chi connectivity index (χ0v) is 10.8. The summed E-state index contributed by atoms with van der Waals surface area (Å²) < 4.78 is 0. The Labute approximate surface area is 105 Å². The Hall–Kier alpha value is -1.63. The van der Waals surface area contributed by atoms with Gasteiger partial charge in [0, 0.05) is 19.0 Å². The molecule has 7 heteroatoms. The Kier molecular flexibility index (Phi) is 4.45. The van der Waals surface area contributed by atoms with Crippen molar-refractivity contribution in [1.29, 1.82) is 0 Å². The van der Waals surface area contributed by atoms with Crippen molar-refractivity contribution in [1.82, 2.24) is 9.97 Å². The number of thiocarbonyl (C=S) groups is 1. The van der Waals surface area contributed by atoms with Crippen LogP contribution in [0.1, 0.15) is 13.8 Å². The van der Waals surface area contributed by atoms with Crippen LogP contribution in [0.4, 0.5) is 11.5 Å². The van der Waals surface area contributed by atoms with E-state index < -0.39 is 0 Å². The third-order valence-electron chi connectivity index (χ3n) is 2.53. The van der Waals surface area contributed by atoms with Crippen molar-refractivity contribution in [2.75, 3.05) is 23.7 Å². The van der Waals surface area contributed by atoms with Crippen LogP contribution in [0.15, 0.2) is 11.1 Å². The molecular formula is C10H17N5OS. The van der Waals surface area contributed by atoms with Gasteiger partial charge in [0.15, 0.2) is 5.82 Å². The van der Waals surface area contributed by atoms with Crippen LogP contribution in [0.3, 0.4) is 0 Å². The van der Waals surface area contributed by atoms with Crippen LogP contribution in [0, 0.1) is 5.92 Å². The maximum Gasteiger partial charge on any atom is 0.276 e. The number of aromatic amines is 1. The Morgan fingerprint density at radius 3 is 2.88 bits per heavy atom. The van der Waals surface area contributed by atoms with Gasteiger partial charge in [0.1, 0.15) is 5.69 Å². The lowest BCUT2D eigenvalue weighted by atomic mass is 10.1. The second-order valence-corrected chi connectivity index (χ2v) is 4.28. The van der Waals surface area contributed by atoms with E-state index in [1.807, 2.05) is 18.7 Å². The number of H-pyrrole nitrogens is 1. The van der Waals surface area contributed by atoms with Crippen molar-refractivity contribution in [3.63, 3.8) is 0 Å². The normalized spacial score (nSPS) is 12.1. The van der Waals surface area contributed by atoms with Gasteiger partial charge in [-0.1, -0.05) is 19.1 Å². The fourth-order valence-corrected chi connectivity index (χ4v) is 1.51. The number of anilines is 2. The monoisotopic (exact) mass is 255 g/mol. The molecule has 1 unspecified atom stereocenters. The molecule has 1 atom stereocenters. The quantitative estimate of drug-likeness (QED) is 0.645. The van der Waals surface area contributed by atoms with E-state index in [0.717, 1.165) is 0 Å². The van der Waals surface area contributed by atoms with E-state index >= 15 is 0 Å². The average Bonchev–Trinajstić information content (AvgIpc) is 2.29. The summed E-state index contributed by atoms with van der Waals surface area (Å²) in [6, 6.07) is 0. The van der Waals surface area contributed by atoms with Crippen LogP contribution in [0.2, 0.25) is 0 Å². The number of hydrogen-bond donors (Lipinski definition) is 3. The van der Waals surface area contributed by atoms with E-state index in [4.69, 9.17) is 23.7 Å². The van der Waals surface area contributed by atoms with Crippen molar-refractivity contribution in [2.45, 2.75) is 13.8 Å². The predicted molar refractivity (Wildman–Crippen MR) is 73.1 cm³/mol. The van der Waals surface area contributed by atoms with Gasteiger partial charge in [-0.2, -0.15) is 0 Å². The van der Waals surface area contributed by atoms with E-state index in [1.165, 1.54) is 6.33 Å². The Balaban J connectivity index is 2.98. The summed E-state index contributed by atoms with van der Waals surface area (Å²) in [6.45, 7) is 5.14. The molecule has 0 aliphatic heterocycles. The van der Waals surface area contributed by atoms with E-state index in [0.29, 0.717) is 23.9 Å². The van der Waals surface area contributed by atoms with E-state index in [1.54, 1.807) is 0 Å². The van der Waals surface area contributed by atoms with Crippen molar-refractivity contribution < 1.29 is 0 Å². The number of hydrogen-bond acceptors (Lipinski definition) is 5. The number of nitrogen functional groups attached to an aromatic ring is 1. The summed E-state index contributed by atoms with van der Waals surface area (Å²) in [7, 11) is 0. The summed E-state index contributed by atoms with van der Waals surface area (Å²) in [4.78, 5) is 20.2. The maximum absolute atomic E-state index is 11.4. The van der Waals surface area contributed by atoms with Gasteiger partial charge in [-0.3, -0.25) is 4.79 Å². The fraction of sp³-hybridized carbons (Fsp3) is 0.500. The highest BCUT2D eigenvalue weighted by Gasteiger charge is 2.16. The smallest absolute Gasteiger partial charge is 0.276 e. The minimum atomic E-state index is -0.337. The topological polar surface area (TPSA) is 101 Å². The molecule has 0 aliphatic rings. The lowest BCUT2D eigenvalue weighted by Crippen LogP contribution is -2.35. The van der Waals surface area contributed by atoms with Crippen LogP contribution in [0.25, 0.3) is 0 Å². The molecule has 0 aromatic carbocycles. The van der Waals surface area contributed by atoms with E-state index in [9.17, 15) is 4.79 Å². The maximum atomic E-state index is 11.4. The first kappa shape index (κ1) is 13.4. The summed E-state index contributed by atoms with van der Waals surface area (Å²) in [5.74, 6) is 0.504. The molecule has 1 aromatic heterocycles. The molecule has 5 N–H and O–H groups in total. The molecule has 1 heterocycles. The van der Waals surface area contributed by atoms with Gasteiger partial charge in [-0.15, -0.1) is 0 Å². The molecule has 0 aliphatic carbocycles. The standard InChI is InChI=1S/C10H17N5OS/c1-3-15(4-6(2)8(12)17)9-7(11)10(16)14-5-13-9/h5-6H,3-4,11H2,1-2H3,(H2,12,17)(H,13,14,16). The number of aromatic nitrogens is 2. The first-order valence-corrected chi connectivity index (χ1v) is 5.75. The highest BCUT2D eigenvalue weighted by Crippen LogP contribution is 2.16. The largest absolute Gasteiger partial charge is 0.393 e. The molecule has 0 fully saturated rings. The minimum absolute atomic E-state index is 0.0328. The zero-order chi connectivity index (χ0) is 13.0. The Bertz CT molecular complexity index is 458.